The molecule has 0 bridgehead atoms. The number of aromatic nitrogens is 3. The second-order valence-electron chi connectivity index (χ2n) is 6.79. The van der Waals surface area contributed by atoms with Crippen molar-refractivity contribution in [1.82, 2.24) is 15.2 Å². The predicted molar refractivity (Wildman–Crippen MR) is 112 cm³/mol. The van der Waals surface area contributed by atoms with E-state index in [1.54, 1.807) is 18.0 Å². The Bertz CT molecular complexity index is 1010. The van der Waals surface area contributed by atoms with Crippen molar-refractivity contribution < 1.29 is 4.79 Å². The zero-order valence-electron chi connectivity index (χ0n) is 15.0. The fraction of sp³-hybridized carbons (Fsp3) is 0.300. The summed E-state index contributed by atoms with van der Waals surface area (Å²) in [6.07, 6.45) is 6.15. The number of benzene rings is 1. The van der Waals surface area contributed by atoms with Crippen LogP contribution in [0.1, 0.15) is 25.7 Å². The molecule has 8 heteroatoms. The molecule has 0 saturated carbocycles. The first-order chi connectivity index (χ1) is 13.8. The van der Waals surface area contributed by atoms with Crippen molar-refractivity contribution in [2.24, 2.45) is 15.9 Å². The molecule has 1 amide bonds. The Morgan fingerprint density at radius 2 is 1.93 bits per heavy atom. The Labute approximate surface area is 171 Å². The first-order valence-electron chi connectivity index (χ1n) is 9.25. The number of nitrogens with zero attached hydrogens (tertiary/aromatic N) is 5. The van der Waals surface area contributed by atoms with Crippen molar-refractivity contribution in [2.75, 3.05) is 5.75 Å². The van der Waals surface area contributed by atoms with E-state index in [0.717, 1.165) is 35.6 Å². The molecule has 0 N–H and O–H groups in total. The predicted octanol–water partition coefficient (Wildman–Crippen LogP) is 4.16. The lowest BCUT2D eigenvalue weighted by Gasteiger charge is -2.18. The molecule has 0 spiro atoms. The van der Waals surface area contributed by atoms with E-state index in [-0.39, 0.29) is 11.8 Å². The summed E-state index contributed by atoms with van der Waals surface area (Å²) in [7, 11) is 0. The third-order valence-electron chi connectivity index (χ3n) is 4.95. The molecule has 1 atom stereocenters. The monoisotopic (exact) mass is 407 g/mol. The third kappa shape index (κ3) is 3.42. The summed E-state index contributed by atoms with van der Waals surface area (Å²) in [6, 6.07) is 9.82. The van der Waals surface area contributed by atoms with Crippen LogP contribution in [0.3, 0.4) is 0 Å². The van der Waals surface area contributed by atoms with Crippen LogP contribution in [0.5, 0.6) is 0 Å². The van der Waals surface area contributed by atoms with Gasteiger partial charge in [0.05, 0.1) is 17.0 Å². The van der Waals surface area contributed by atoms with Gasteiger partial charge in [0.1, 0.15) is 17.4 Å². The van der Waals surface area contributed by atoms with Crippen molar-refractivity contribution in [3.05, 3.63) is 47.0 Å². The number of carbonyl (C=O) groups is 1. The summed E-state index contributed by atoms with van der Waals surface area (Å²) in [5.74, 6) is 0.722. The quantitative estimate of drug-likeness (QED) is 0.708. The molecule has 1 aromatic carbocycles. The van der Waals surface area contributed by atoms with Gasteiger partial charge in [-0.05, 0) is 36.2 Å². The van der Waals surface area contributed by atoms with Gasteiger partial charge in [-0.1, -0.05) is 53.9 Å². The van der Waals surface area contributed by atoms with Crippen molar-refractivity contribution in [3.63, 3.8) is 0 Å². The Kier molecular flexibility index (Phi) is 4.82. The largest absolute Gasteiger partial charge is 0.271 e. The van der Waals surface area contributed by atoms with Crippen LogP contribution in [0.2, 0.25) is 0 Å². The van der Waals surface area contributed by atoms with Gasteiger partial charge in [0.25, 0.3) is 5.91 Å². The molecule has 28 heavy (non-hydrogen) atoms. The van der Waals surface area contributed by atoms with Gasteiger partial charge in [-0.2, -0.15) is 4.99 Å². The molecule has 1 aliphatic carbocycles. The fourth-order valence-corrected chi connectivity index (χ4v) is 5.58. The van der Waals surface area contributed by atoms with Crippen LogP contribution < -0.4 is 0 Å². The van der Waals surface area contributed by atoms with Crippen molar-refractivity contribution in [3.8, 4) is 11.3 Å². The van der Waals surface area contributed by atoms with E-state index in [0.29, 0.717) is 16.7 Å². The molecule has 0 radical (unpaired) electrons. The number of amides is 1. The lowest BCUT2D eigenvalue weighted by Crippen LogP contribution is -2.26. The van der Waals surface area contributed by atoms with Crippen LogP contribution >= 0.6 is 23.5 Å². The minimum absolute atomic E-state index is 0.0709. The number of aliphatic imine (C=N–C) groups is 2. The topological polar surface area (TPSA) is 80.5 Å². The van der Waals surface area contributed by atoms with Gasteiger partial charge in [-0.25, -0.2) is 9.98 Å². The van der Waals surface area contributed by atoms with Gasteiger partial charge in [-0.3, -0.25) is 4.79 Å². The molecule has 0 fully saturated rings. The van der Waals surface area contributed by atoms with Crippen LogP contribution in [0.15, 0.2) is 62.1 Å². The zero-order chi connectivity index (χ0) is 18.9. The van der Waals surface area contributed by atoms with Gasteiger partial charge < -0.3 is 0 Å². The maximum Gasteiger partial charge on any atom is 0.261 e. The molecule has 3 heterocycles. The molecule has 5 rings (SSSR count). The number of amidine groups is 1. The van der Waals surface area contributed by atoms with Crippen LogP contribution in [-0.2, 0) is 4.79 Å². The molecule has 2 aliphatic heterocycles. The van der Waals surface area contributed by atoms with Gasteiger partial charge in [0, 0.05) is 5.56 Å². The lowest BCUT2D eigenvalue weighted by atomic mass is 9.89. The van der Waals surface area contributed by atoms with Crippen molar-refractivity contribution in [2.45, 2.75) is 30.8 Å². The second-order valence-corrected chi connectivity index (χ2v) is 8.85. The summed E-state index contributed by atoms with van der Waals surface area (Å²) in [6.45, 7) is 0. The molecule has 3 aliphatic rings. The highest BCUT2D eigenvalue weighted by molar-refractivity contribution is 8.17. The molecule has 2 aromatic rings. The SMILES string of the molecule is O=C1N=C(CSc2ncc(-c3ccccc3)nn2)N=C2SC3=C(CCCC3)C12. The molecule has 0 saturated heterocycles. The van der Waals surface area contributed by atoms with Crippen LogP contribution in [0.25, 0.3) is 11.3 Å². The summed E-state index contributed by atoms with van der Waals surface area (Å²) >= 11 is 3.08. The molecule has 1 aromatic heterocycles. The highest BCUT2D eigenvalue weighted by Crippen LogP contribution is 2.47. The standard InChI is InChI=1S/C20H17N5OS2/c26-18-17-13-8-4-5-9-15(13)28-19(17)23-16(22-18)11-27-20-21-10-14(24-25-20)12-6-2-1-3-7-12/h1-3,6-7,10,17H,4-5,8-9,11H2. The molecule has 140 valence electrons. The van der Waals surface area contributed by atoms with E-state index >= 15 is 0 Å². The summed E-state index contributed by atoms with van der Waals surface area (Å²) in [4.78, 5) is 27.2. The van der Waals surface area contributed by atoms with Crippen LogP contribution in [0.4, 0.5) is 0 Å². The smallest absolute Gasteiger partial charge is 0.261 e. The number of fused-ring (bicyclic) bond motifs is 2. The average Bonchev–Trinajstić information content (AvgIpc) is 3.12. The second kappa shape index (κ2) is 7.60. The first-order valence-corrected chi connectivity index (χ1v) is 11.1. The lowest BCUT2D eigenvalue weighted by molar-refractivity contribution is -0.118. The van der Waals surface area contributed by atoms with Crippen molar-refractivity contribution >= 4 is 40.3 Å². The van der Waals surface area contributed by atoms with E-state index in [1.807, 2.05) is 30.3 Å². The normalized spacial score (nSPS) is 21.1. The van der Waals surface area contributed by atoms with Gasteiger partial charge >= 0.3 is 0 Å². The minimum Gasteiger partial charge on any atom is -0.271 e. The number of hydrogen-bond donors (Lipinski definition) is 0. The van der Waals surface area contributed by atoms with Crippen LogP contribution in [0, 0.1) is 5.92 Å². The summed E-state index contributed by atoms with van der Waals surface area (Å²) < 4.78 is 0. The Hall–Kier alpha value is -2.32. The van der Waals surface area contributed by atoms with E-state index in [2.05, 4.69) is 25.2 Å². The van der Waals surface area contributed by atoms with E-state index in [4.69, 9.17) is 0 Å². The molecule has 6 nitrogen and oxygen atoms in total. The highest BCUT2D eigenvalue weighted by atomic mass is 32.2. The van der Waals surface area contributed by atoms with Gasteiger partial charge in [0.15, 0.2) is 0 Å². The molecule has 1 unspecified atom stereocenters. The first kappa shape index (κ1) is 17.8. The Morgan fingerprint density at radius 1 is 1.07 bits per heavy atom. The van der Waals surface area contributed by atoms with E-state index < -0.39 is 0 Å². The van der Waals surface area contributed by atoms with Gasteiger partial charge in [-0.15, -0.1) is 10.2 Å². The maximum atomic E-state index is 12.6. The summed E-state index contributed by atoms with van der Waals surface area (Å²) in [5, 5.41) is 9.88. The number of hydrogen-bond acceptors (Lipinski definition) is 7. The molecular weight excluding hydrogens is 390 g/mol. The maximum absolute atomic E-state index is 12.6. The number of carbonyl (C=O) groups excluding carboxylic acids is 1. The minimum atomic E-state index is -0.211. The van der Waals surface area contributed by atoms with E-state index in [9.17, 15) is 4.79 Å². The third-order valence-corrected chi connectivity index (χ3v) is 7.04. The highest BCUT2D eigenvalue weighted by Gasteiger charge is 2.40. The van der Waals surface area contributed by atoms with Gasteiger partial charge in [0.2, 0.25) is 5.16 Å². The van der Waals surface area contributed by atoms with E-state index in [1.165, 1.54) is 28.7 Å². The Morgan fingerprint density at radius 3 is 2.75 bits per heavy atom. The fourth-order valence-electron chi connectivity index (χ4n) is 3.61. The summed E-state index contributed by atoms with van der Waals surface area (Å²) in [5.41, 5.74) is 2.98. The van der Waals surface area contributed by atoms with Crippen LogP contribution in [-0.4, -0.2) is 37.7 Å². The van der Waals surface area contributed by atoms with Crippen molar-refractivity contribution in [1.29, 1.82) is 0 Å². The Balaban J connectivity index is 1.26. The molecular formula is C20H17N5OS2. The zero-order valence-corrected chi connectivity index (χ0v) is 16.7. The number of thioether (sulfide) groups is 2. The number of allylic oxidation sites excluding steroid dienone is 1. The average molecular weight is 408 g/mol. The number of rotatable bonds is 4.